The van der Waals surface area contributed by atoms with E-state index in [2.05, 4.69) is 40.0 Å². The van der Waals surface area contributed by atoms with Crippen molar-refractivity contribution >= 4 is 0 Å². The topological polar surface area (TPSA) is 53.1 Å². The fourth-order valence-electron chi connectivity index (χ4n) is 2.60. The van der Waals surface area contributed by atoms with Crippen LogP contribution in [0.2, 0.25) is 0 Å². The SMILES string of the molecule is NCCc1cn(CC2OCCc3ccccc32)cn1. The van der Waals surface area contributed by atoms with Gasteiger partial charge in [-0.1, -0.05) is 24.3 Å². The number of ether oxygens (including phenoxy) is 1. The molecule has 1 unspecified atom stereocenters. The van der Waals surface area contributed by atoms with Crippen LogP contribution in [-0.4, -0.2) is 22.7 Å². The molecule has 0 spiro atoms. The zero-order valence-electron chi connectivity index (χ0n) is 11.0. The first-order chi connectivity index (χ1) is 9.36. The average molecular weight is 257 g/mol. The third-order valence-corrected chi connectivity index (χ3v) is 3.56. The molecule has 19 heavy (non-hydrogen) atoms. The monoisotopic (exact) mass is 257 g/mol. The second kappa shape index (κ2) is 5.55. The number of fused-ring (bicyclic) bond motifs is 1. The highest BCUT2D eigenvalue weighted by molar-refractivity contribution is 5.30. The van der Waals surface area contributed by atoms with E-state index in [0.717, 1.165) is 31.7 Å². The Balaban J connectivity index is 1.76. The lowest BCUT2D eigenvalue weighted by atomic mass is 9.97. The zero-order valence-corrected chi connectivity index (χ0v) is 11.0. The van der Waals surface area contributed by atoms with Crippen LogP contribution in [0.25, 0.3) is 0 Å². The third-order valence-electron chi connectivity index (χ3n) is 3.56. The lowest BCUT2D eigenvalue weighted by Crippen LogP contribution is -2.20. The summed E-state index contributed by atoms with van der Waals surface area (Å²) < 4.78 is 8.00. The molecule has 0 saturated heterocycles. The van der Waals surface area contributed by atoms with Crippen molar-refractivity contribution in [2.75, 3.05) is 13.2 Å². The van der Waals surface area contributed by atoms with Crippen LogP contribution in [0.3, 0.4) is 0 Å². The van der Waals surface area contributed by atoms with E-state index in [1.165, 1.54) is 11.1 Å². The molecule has 0 amide bonds. The smallest absolute Gasteiger partial charge is 0.101 e. The number of aromatic nitrogens is 2. The molecule has 0 fully saturated rings. The standard InChI is InChI=1S/C15H19N3O/c16-7-5-13-9-18(11-17-13)10-15-14-4-2-1-3-12(14)6-8-19-15/h1-4,9,11,15H,5-8,10,16H2. The van der Waals surface area contributed by atoms with Gasteiger partial charge < -0.3 is 15.0 Å². The van der Waals surface area contributed by atoms with Gasteiger partial charge in [-0.2, -0.15) is 0 Å². The Labute approximate surface area is 113 Å². The molecule has 2 heterocycles. The molecule has 0 saturated carbocycles. The predicted molar refractivity (Wildman–Crippen MR) is 73.8 cm³/mol. The number of hydrogen-bond acceptors (Lipinski definition) is 3. The summed E-state index contributed by atoms with van der Waals surface area (Å²) in [5, 5.41) is 0. The van der Waals surface area contributed by atoms with E-state index in [1.54, 1.807) is 0 Å². The van der Waals surface area contributed by atoms with E-state index in [1.807, 2.05) is 6.33 Å². The van der Waals surface area contributed by atoms with Crippen LogP contribution in [0.5, 0.6) is 0 Å². The van der Waals surface area contributed by atoms with E-state index in [4.69, 9.17) is 10.5 Å². The second-order valence-electron chi connectivity index (χ2n) is 4.91. The van der Waals surface area contributed by atoms with Crippen molar-refractivity contribution in [2.45, 2.75) is 25.5 Å². The Hall–Kier alpha value is -1.65. The Morgan fingerprint density at radius 3 is 3.16 bits per heavy atom. The lowest BCUT2D eigenvalue weighted by Gasteiger charge is -2.26. The summed E-state index contributed by atoms with van der Waals surface area (Å²) in [7, 11) is 0. The molecule has 0 aliphatic carbocycles. The Bertz CT molecular complexity index is 550. The van der Waals surface area contributed by atoms with Crippen LogP contribution in [-0.2, 0) is 24.1 Å². The number of nitrogens with zero attached hydrogens (tertiary/aromatic N) is 2. The van der Waals surface area contributed by atoms with Gasteiger partial charge >= 0.3 is 0 Å². The maximum atomic E-state index is 5.90. The van der Waals surface area contributed by atoms with Crippen LogP contribution in [0, 0.1) is 0 Å². The van der Waals surface area contributed by atoms with Crippen molar-refractivity contribution in [2.24, 2.45) is 5.73 Å². The Morgan fingerprint density at radius 1 is 1.37 bits per heavy atom. The quantitative estimate of drug-likeness (QED) is 0.907. The van der Waals surface area contributed by atoms with Crippen LogP contribution < -0.4 is 5.73 Å². The molecule has 1 aromatic heterocycles. The summed E-state index contributed by atoms with van der Waals surface area (Å²) in [6.45, 7) is 2.25. The molecular formula is C15H19N3O. The number of rotatable bonds is 4. The number of benzene rings is 1. The predicted octanol–water partition coefficient (Wildman–Crippen LogP) is 1.70. The largest absolute Gasteiger partial charge is 0.371 e. The molecule has 1 aromatic carbocycles. The number of imidazole rings is 1. The molecule has 0 bridgehead atoms. The highest BCUT2D eigenvalue weighted by Gasteiger charge is 2.20. The highest BCUT2D eigenvalue weighted by Crippen LogP contribution is 2.28. The van der Waals surface area contributed by atoms with Crippen molar-refractivity contribution in [3.8, 4) is 0 Å². The molecular weight excluding hydrogens is 238 g/mol. The van der Waals surface area contributed by atoms with Crippen molar-refractivity contribution in [1.82, 2.24) is 9.55 Å². The average Bonchev–Trinajstić information content (AvgIpc) is 2.87. The second-order valence-corrected chi connectivity index (χ2v) is 4.91. The number of hydrogen-bond donors (Lipinski definition) is 1. The lowest BCUT2D eigenvalue weighted by molar-refractivity contribution is 0.0306. The minimum atomic E-state index is 0.130. The van der Waals surface area contributed by atoms with Crippen molar-refractivity contribution in [1.29, 1.82) is 0 Å². The molecule has 1 aliphatic rings. The minimum Gasteiger partial charge on any atom is -0.371 e. The Kier molecular flexibility index (Phi) is 3.62. The maximum absolute atomic E-state index is 5.90. The van der Waals surface area contributed by atoms with Gasteiger partial charge in [0.1, 0.15) is 6.10 Å². The van der Waals surface area contributed by atoms with E-state index in [9.17, 15) is 0 Å². The molecule has 100 valence electrons. The molecule has 3 rings (SSSR count). The molecule has 0 radical (unpaired) electrons. The Morgan fingerprint density at radius 2 is 2.26 bits per heavy atom. The molecule has 4 nitrogen and oxygen atoms in total. The summed E-state index contributed by atoms with van der Waals surface area (Å²) >= 11 is 0. The third kappa shape index (κ3) is 2.69. The first-order valence-corrected chi connectivity index (χ1v) is 6.77. The van der Waals surface area contributed by atoms with Gasteiger partial charge in [0.05, 0.1) is 25.2 Å². The van der Waals surface area contributed by atoms with Crippen molar-refractivity contribution < 1.29 is 4.74 Å². The van der Waals surface area contributed by atoms with Crippen LogP contribution in [0.1, 0.15) is 22.9 Å². The van der Waals surface area contributed by atoms with E-state index in [0.29, 0.717) is 6.54 Å². The van der Waals surface area contributed by atoms with Crippen LogP contribution >= 0.6 is 0 Å². The van der Waals surface area contributed by atoms with E-state index in [-0.39, 0.29) is 6.10 Å². The maximum Gasteiger partial charge on any atom is 0.101 e. The minimum absolute atomic E-state index is 0.130. The first kappa shape index (κ1) is 12.4. The highest BCUT2D eigenvalue weighted by atomic mass is 16.5. The summed E-state index contributed by atoms with van der Waals surface area (Å²) in [5.41, 5.74) is 9.30. The van der Waals surface area contributed by atoms with Gasteiger partial charge in [-0.25, -0.2) is 4.98 Å². The van der Waals surface area contributed by atoms with Gasteiger partial charge in [-0.15, -0.1) is 0 Å². The van der Waals surface area contributed by atoms with Gasteiger partial charge in [0.2, 0.25) is 0 Å². The summed E-state index contributed by atoms with van der Waals surface area (Å²) in [5.74, 6) is 0. The molecule has 2 N–H and O–H groups in total. The summed E-state index contributed by atoms with van der Waals surface area (Å²) in [6, 6.07) is 8.53. The van der Waals surface area contributed by atoms with Crippen molar-refractivity contribution in [3.05, 3.63) is 53.6 Å². The molecule has 2 aromatic rings. The summed E-state index contributed by atoms with van der Waals surface area (Å²) in [4.78, 5) is 4.35. The van der Waals surface area contributed by atoms with Crippen molar-refractivity contribution in [3.63, 3.8) is 0 Å². The van der Waals surface area contributed by atoms with Gasteiger partial charge in [0.25, 0.3) is 0 Å². The van der Waals surface area contributed by atoms with Crippen LogP contribution in [0.15, 0.2) is 36.8 Å². The summed E-state index contributed by atoms with van der Waals surface area (Å²) in [6.07, 6.45) is 5.90. The van der Waals surface area contributed by atoms with Gasteiger partial charge in [-0.05, 0) is 24.1 Å². The molecule has 4 heteroatoms. The zero-order chi connectivity index (χ0) is 13.1. The van der Waals surface area contributed by atoms with Crippen LogP contribution in [0.4, 0.5) is 0 Å². The van der Waals surface area contributed by atoms with E-state index >= 15 is 0 Å². The molecule has 1 aliphatic heterocycles. The van der Waals surface area contributed by atoms with E-state index < -0.39 is 0 Å². The molecule has 1 atom stereocenters. The van der Waals surface area contributed by atoms with Gasteiger partial charge in [0.15, 0.2) is 0 Å². The fourth-order valence-corrected chi connectivity index (χ4v) is 2.60. The van der Waals surface area contributed by atoms with Gasteiger partial charge in [0, 0.05) is 12.6 Å². The normalized spacial score (nSPS) is 18.3. The fraction of sp³-hybridized carbons (Fsp3) is 0.400. The van der Waals surface area contributed by atoms with Gasteiger partial charge in [-0.3, -0.25) is 0 Å². The number of nitrogens with two attached hydrogens (primary N) is 1. The first-order valence-electron chi connectivity index (χ1n) is 6.77.